The number of para-hydroxylation sites is 1. The fourth-order valence-corrected chi connectivity index (χ4v) is 2.95. The van der Waals surface area contributed by atoms with Gasteiger partial charge in [-0.2, -0.15) is 0 Å². The van der Waals surface area contributed by atoms with Crippen LogP contribution in [0.15, 0.2) is 60.7 Å². The molecule has 0 saturated carbocycles. The maximum atomic E-state index is 12.0. The largest absolute Gasteiger partial charge is 0.456 e. The molecule has 2 aromatic carbocycles. The number of nitrogens with zero attached hydrogens (tertiary/aromatic N) is 1. The summed E-state index contributed by atoms with van der Waals surface area (Å²) in [5.41, 5.74) is 3.64. The monoisotopic (exact) mass is 390 g/mol. The lowest BCUT2D eigenvalue weighted by molar-refractivity contribution is -0.147. The van der Waals surface area contributed by atoms with Gasteiger partial charge in [0.1, 0.15) is 0 Å². The van der Waals surface area contributed by atoms with E-state index in [0.717, 1.165) is 16.6 Å². The lowest BCUT2D eigenvalue weighted by Crippen LogP contribution is -2.21. The summed E-state index contributed by atoms with van der Waals surface area (Å²) in [7, 11) is 0. The molecule has 0 atom stereocenters. The fourth-order valence-electron chi connectivity index (χ4n) is 2.95. The molecule has 3 aromatic rings. The van der Waals surface area contributed by atoms with Crippen molar-refractivity contribution in [2.45, 2.75) is 39.0 Å². The van der Waals surface area contributed by atoms with Crippen LogP contribution in [0.5, 0.6) is 0 Å². The molecule has 5 nitrogen and oxygen atoms in total. The molecule has 5 heteroatoms. The van der Waals surface area contributed by atoms with Crippen LogP contribution < -0.4 is 5.32 Å². The van der Waals surface area contributed by atoms with Gasteiger partial charge in [-0.05, 0) is 35.2 Å². The number of fused-ring (bicyclic) bond motifs is 1. The maximum absolute atomic E-state index is 12.0. The fraction of sp³-hybridized carbons (Fsp3) is 0.292. The highest BCUT2D eigenvalue weighted by Crippen LogP contribution is 2.23. The summed E-state index contributed by atoms with van der Waals surface area (Å²) in [4.78, 5) is 28.5. The topological polar surface area (TPSA) is 68.3 Å². The van der Waals surface area contributed by atoms with E-state index in [1.165, 1.54) is 5.56 Å². The Bertz CT molecular complexity index is 1000. The minimum Gasteiger partial charge on any atom is -0.456 e. The van der Waals surface area contributed by atoms with Crippen LogP contribution in [-0.4, -0.2) is 23.5 Å². The second-order valence-corrected chi connectivity index (χ2v) is 8.03. The number of hydrogen-bond donors (Lipinski definition) is 1. The number of aromatic nitrogens is 1. The number of pyridine rings is 1. The molecule has 0 bridgehead atoms. The highest BCUT2D eigenvalue weighted by atomic mass is 16.5. The number of ether oxygens (including phenoxy) is 1. The number of hydrogen-bond acceptors (Lipinski definition) is 4. The Kier molecular flexibility index (Phi) is 6.27. The Morgan fingerprint density at radius 2 is 1.69 bits per heavy atom. The Morgan fingerprint density at radius 3 is 2.41 bits per heavy atom. The molecule has 3 rings (SSSR count). The average Bonchev–Trinajstić information content (AvgIpc) is 2.70. The summed E-state index contributed by atoms with van der Waals surface area (Å²) >= 11 is 0. The molecule has 0 saturated heterocycles. The number of anilines is 1. The molecule has 0 fully saturated rings. The Balaban J connectivity index is 1.44. The number of carbonyl (C=O) groups is 2. The van der Waals surface area contributed by atoms with Gasteiger partial charge in [-0.1, -0.05) is 57.2 Å². The van der Waals surface area contributed by atoms with Crippen molar-refractivity contribution in [3.63, 3.8) is 0 Å². The second-order valence-electron chi connectivity index (χ2n) is 8.03. The minimum absolute atomic E-state index is 0.0535. The zero-order valence-electron chi connectivity index (χ0n) is 17.1. The van der Waals surface area contributed by atoms with Crippen LogP contribution in [0.1, 0.15) is 38.4 Å². The number of carbonyl (C=O) groups excluding carboxylic acids is 2. The number of esters is 1. The van der Waals surface area contributed by atoms with Crippen molar-refractivity contribution in [1.82, 2.24) is 4.98 Å². The predicted octanol–water partition coefficient (Wildman–Crippen LogP) is 4.65. The second kappa shape index (κ2) is 8.86. The molecule has 0 unspecified atom stereocenters. The Labute approximate surface area is 171 Å². The van der Waals surface area contributed by atoms with E-state index >= 15 is 0 Å². The van der Waals surface area contributed by atoms with Crippen LogP contribution in [0.25, 0.3) is 10.9 Å². The van der Waals surface area contributed by atoms with Gasteiger partial charge in [-0.25, -0.2) is 0 Å². The molecule has 0 radical (unpaired) electrons. The van der Waals surface area contributed by atoms with Crippen LogP contribution in [0.4, 0.5) is 5.69 Å². The smallest absolute Gasteiger partial charge is 0.306 e. The maximum Gasteiger partial charge on any atom is 0.306 e. The minimum atomic E-state index is -0.418. The number of aryl methyl sites for hydroxylation is 1. The third kappa shape index (κ3) is 5.88. The standard InChI is InChI=1S/C24H26N2O3/c1-24(2,3)18-9-12-20(13-10-18)26-22(27)16-29-23(28)15-14-19-11-8-17-6-4-5-7-21(17)25-19/h4-13H,14-16H2,1-3H3,(H,26,27). The summed E-state index contributed by atoms with van der Waals surface area (Å²) < 4.78 is 5.08. The summed E-state index contributed by atoms with van der Waals surface area (Å²) in [6, 6.07) is 19.4. The van der Waals surface area contributed by atoms with Gasteiger partial charge in [0.05, 0.1) is 11.9 Å². The number of amides is 1. The van der Waals surface area contributed by atoms with Crippen LogP contribution >= 0.6 is 0 Å². The third-order valence-electron chi connectivity index (χ3n) is 4.64. The van der Waals surface area contributed by atoms with E-state index in [2.05, 4.69) is 31.1 Å². The molecule has 150 valence electrons. The number of nitrogens with one attached hydrogen (secondary N) is 1. The summed E-state index contributed by atoms with van der Waals surface area (Å²) in [6.45, 7) is 6.10. The molecule has 1 heterocycles. The van der Waals surface area contributed by atoms with Crippen molar-refractivity contribution in [3.05, 3.63) is 71.9 Å². The lowest BCUT2D eigenvalue weighted by atomic mass is 9.87. The highest BCUT2D eigenvalue weighted by Gasteiger charge is 2.14. The zero-order chi connectivity index (χ0) is 20.9. The molecule has 1 aromatic heterocycles. The van der Waals surface area contributed by atoms with E-state index in [9.17, 15) is 9.59 Å². The van der Waals surface area contributed by atoms with E-state index in [1.54, 1.807) is 0 Å². The molecule has 0 aliphatic heterocycles. The quantitative estimate of drug-likeness (QED) is 0.622. The van der Waals surface area contributed by atoms with Crippen LogP contribution in [-0.2, 0) is 26.2 Å². The Hall–Kier alpha value is -3.21. The predicted molar refractivity (Wildman–Crippen MR) is 115 cm³/mol. The molecule has 29 heavy (non-hydrogen) atoms. The van der Waals surface area contributed by atoms with Gasteiger partial charge >= 0.3 is 5.97 Å². The molecule has 1 N–H and O–H groups in total. The Morgan fingerprint density at radius 1 is 0.966 bits per heavy atom. The van der Waals surface area contributed by atoms with Crippen molar-refractivity contribution in [3.8, 4) is 0 Å². The van der Waals surface area contributed by atoms with Gasteiger partial charge in [-0.3, -0.25) is 14.6 Å². The molecular formula is C24H26N2O3. The first-order valence-corrected chi connectivity index (χ1v) is 9.72. The van der Waals surface area contributed by atoms with E-state index in [0.29, 0.717) is 12.1 Å². The molecular weight excluding hydrogens is 364 g/mol. The SMILES string of the molecule is CC(C)(C)c1ccc(NC(=O)COC(=O)CCc2ccc3ccccc3n2)cc1. The third-order valence-corrected chi connectivity index (χ3v) is 4.64. The zero-order valence-corrected chi connectivity index (χ0v) is 17.1. The average molecular weight is 390 g/mol. The van der Waals surface area contributed by atoms with Gasteiger partial charge < -0.3 is 10.1 Å². The molecule has 0 aliphatic carbocycles. The normalized spacial score (nSPS) is 11.3. The van der Waals surface area contributed by atoms with Crippen LogP contribution in [0.2, 0.25) is 0 Å². The van der Waals surface area contributed by atoms with Gasteiger partial charge in [0, 0.05) is 23.2 Å². The van der Waals surface area contributed by atoms with E-state index in [1.807, 2.05) is 60.7 Å². The lowest BCUT2D eigenvalue weighted by Gasteiger charge is -2.19. The van der Waals surface area contributed by atoms with E-state index in [-0.39, 0.29) is 24.3 Å². The summed E-state index contributed by atoms with van der Waals surface area (Å²) in [5.74, 6) is -0.774. The van der Waals surface area contributed by atoms with E-state index < -0.39 is 5.97 Å². The first-order valence-electron chi connectivity index (χ1n) is 9.72. The van der Waals surface area contributed by atoms with Crippen molar-refractivity contribution >= 4 is 28.5 Å². The molecule has 0 aliphatic rings. The summed E-state index contributed by atoms with van der Waals surface area (Å²) in [5, 5.41) is 3.80. The number of rotatable bonds is 6. The van der Waals surface area contributed by atoms with Gasteiger partial charge in [0.2, 0.25) is 0 Å². The first kappa shape index (κ1) is 20.5. The van der Waals surface area contributed by atoms with Crippen molar-refractivity contribution < 1.29 is 14.3 Å². The first-order chi connectivity index (χ1) is 13.8. The van der Waals surface area contributed by atoms with E-state index in [4.69, 9.17) is 4.74 Å². The van der Waals surface area contributed by atoms with Gasteiger partial charge in [0.15, 0.2) is 6.61 Å². The summed E-state index contributed by atoms with van der Waals surface area (Å²) in [6.07, 6.45) is 0.651. The van der Waals surface area contributed by atoms with Crippen molar-refractivity contribution in [2.75, 3.05) is 11.9 Å². The molecule has 1 amide bonds. The van der Waals surface area contributed by atoms with Gasteiger partial charge in [0.25, 0.3) is 5.91 Å². The molecule has 0 spiro atoms. The van der Waals surface area contributed by atoms with Gasteiger partial charge in [-0.15, -0.1) is 0 Å². The number of benzene rings is 2. The highest BCUT2D eigenvalue weighted by molar-refractivity contribution is 5.92. The van der Waals surface area contributed by atoms with Crippen molar-refractivity contribution in [1.29, 1.82) is 0 Å². The van der Waals surface area contributed by atoms with Crippen LogP contribution in [0.3, 0.4) is 0 Å². The van der Waals surface area contributed by atoms with Crippen LogP contribution in [0, 0.1) is 0 Å². The van der Waals surface area contributed by atoms with Crippen molar-refractivity contribution in [2.24, 2.45) is 0 Å².